The summed E-state index contributed by atoms with van der Waals surface area (Å²) >= 11 is 0. The predicted molar refractivity (Wildman–Crippen MR) is 110 cm³/mol. The third-order valence-corrected chi connectivity index (χ3v) is 6.66. The Bertz CT molecular complexity index is 927. The summed E-state index contributed by atoms with van der Waals surface area (Å²) in [5.41, 5.74) is 2.42. The van der Waals surface area contributed by atoms with Gasteiger partial charge in [-0.15, -0.1) is 0 Å². The van der Waals surface area contributed by atoms with Crippen molar-refractivity contribution in [3.63, 3.8) is 0 Å². The van der Waals surface area contributed by atoms with Gasteiger partial charge in [-0.3, -0.25) is 4.79 Å². The van der Waals surface area contributed by atoms with Gasteiger partial charge in [0, 0.05) is 44.2 Å². The van der Waals surface area contributed by atoms with E-state index in [-0.39, 0.29) is 17.9 Å². The Labute approximate surface area is 170 Å². The zero-order chi connectivity index (χ0) is 20.2. The summed E-state index contributed by atoms with van der Waals surface area (Å²) < 4.78 is 1.93. The number of amides is 1. The first-order valence-corrected chi connectivity index (χ1v) is 10.8. The van der Waals surface area contributed by atoms with Crippen LogP contribution >= 0.6 is 0 Å². The number of nitrogens with one attached hydrogen (secondary N) is 1. The summed E-state index contributed by atoms with van der Waals surface area (Å²) in [5, 5.41) is 18.4. The highest BCUT2D eigenvalue weighted by molar-refractivity contribution is 5.83. The van der Waals surface area contributed by atoms with Crippen LogP contribution in [0.2, 0.25) is 0 Å². The lowest BCUT2D eigenvalue weighted by Crippen LogP contribution is -2.58. The maximum absolute atomic E-state index is 13.2. The molecule has 8 nitrogen and oxygen atoms in total. The topological polar surface area (TPSA) is 86.0 Å². The zero-order valence-electron chi connectivity index (χ0n) is 17.3. The van der Waals surface area contributed by atoms with Gasteiger partial charge in [0.2, 0.25) is 5.91 Å². The Kier molecular flexibility index (Phi) is 4.51. The molecule has 0 bridgehead atoms. The third kappa shape index (κ3) is 3.18. The minimum absolute atomic E-state index is 0.0173. The number of rotatable bonds is 3. The van der Waals surface area contributed by atoms with E-state index >= 15 is 0 Å². The van der Waals surface area contributed by atoms with Gasteiger partial charge >= 0.3 is 0 Å². The molecule has 2 aromatic rings. The molecule has 1 amide bonds. The maximum atomic E-state index is 13.2. The smallest absolute Gasteiger partial charge is 0.229 e. The molecule has 2 saturated heterocycles. The number of hydrogen-bond acceptors (Lipinski definition) is 6. The van der Waals surface area contributed by atoms with Crippen LogP contribution in [0.3, 0.4) is 0 Å². The number of carbonyl (C=O) groups is 1. The van der Waals surface area contributed by atoms with Crippen LogP contribution < -0.4 is 10.2 Å². The van der Waals surface area contributed by atoms with Gasteiger partial charge in [-0.1, -0.05) is 0 Å². The number of nitrogens with zero attached hydrogens (tertiary/aromatic N) is 5. The summed E-state index contributed by atoms with van der Waals surface area (Å²) in [6, 6.07) is 1.87. The van der Waals surface area contributed by atoms with E-state index in [9.17, 15) is 9.90 Å². The van der Waals surface area contributed by atoms with Gasteiger partial charge in [-0.05, 0) is 39.7 Å². The minimum Gasteiger partial charge on any atom is -0.388 e. The molecule has 0 unspecified atom stereocenters. The lowest BCUT2D eigenvalue weighted by atomic mass is 9.93. The molecule has 0 aliphatic carbocycles. The SMILES string of the molecule is CC(C)(O)[C@@H]1CCCN1C(=O)C1CN(c2c3c(nc4ccnn24)CCNCC3)C1. The Hall–Kier alpha value is -2.19. The Morgan fingerprint density at radius 3 is 2.86 bits per heavy atom. The third-order valence-electron chi connectivity index (χ3n) is 6.66. The molecule has 0 saturated carbocycles. The van der Waals surface area contributed by atoms with Gasteiger partial charge in [0.1, 0.15) is 5.82 Å². The molecule has 29 heavy (non-hydrogen) atoms. The first-order valence-electron chi connectivity index (χ1n) is 10.8. The van der Waals surface area contributed by atoms with Crippen molar-refractivity contribution in [3.05, 3.63) is 23.5 Å². The molecular formula is C21H30N6O2. The average molecular weight is 399 g/mol. The largest absolute Gasteiger partial charge is 0.388 e. The van der Waals surface area contributed by atoms with Crippen LogP contribution in [-0.2, 0) is 17.6 Å². The fraction of sp³-hybridized carbons (Fsp3) is 0.667. The van der Waals surface area contributed by atoms with Crippen molar-refractivity contribution in [1.29, 1.82) is 0 Å². The number of fused-ring (bicyclic) bond motifs is 2. The van der Waals surface area contributed by atoms with Gasteiger partial charge in [-0.2, -0.15) is 9.61 Å². The molecule has 8 heteroatoms. The molecule has 5 rings (SSSR count). The summed E-state index contributed by atoms with van der Waals surface area (Å²) in [6.45, 7) is 7.66. The minimum atomic E-state index is -0.855. The van der Waals surface area contributed by atoms with E-state index in [1.807, 2.05) is 29.3 Å². The van der Waals surface area contributed by atoms with E-state index in [0.717, 1.165) is 62.5 Å². The molecule has 1 atom stereocenters. The maximum Gasteiger partial charge on any atom is 0.229 e. The van der Waals surface area contributed by atoms with Crippen LogP contribution in [0.25, 0.3) is 5.65 Å². The molecule has 0 aromatic carbocycles. The summed E-state index contributed by atoms with van der Waals surface area (Å²) in [6.07, 6.45) is 5.49. The van der Waals surface area contributed by atoms with E-state index < -0.39 is 5.60 Å². The molecule has 0 spiro atoms. The normalized spacial score (nSPS) is 23.2. The van der Waals surface area contributed by atoms with Crippen molar-refractivity contribution in [1.82, 2.24) is 24.8 Å². The van der Waals surface area contributed by atoms with E-state index in [1.165, 1.54) is 5.56 Å². The van der Waals surface area contributed by atoms with E-state index in [0.29, 0.717) is 13.1 Å². The monoisotopic (exact) mass is 398 g/mol. The van der Waals surface area contributed by atoms with Gasteiger partial charge in [0.15, 0.2) is 5.65 Å². The Morgan fingerprint density at radius 1 is 1.28 bits per heavy atom. The lowest BCUT2D eigenvalue weighted by Gasteiger charge is -2.44. The van der Waals surface area contributed by atoms with E-state index in [2.05, 4.69) is 15.3 Å². The van der Waals surface area contributed by atoms with Gasteiger partial charge in [-0.25, -0.2) is 4.98 Å². The molecule has 2 N–H and O–H groups in total. The highest BCUT2D eigenvalue weighted by atomic mass is 16.3. The summed E-state index contributed by atoms with van der Waals surface area (Å²) in [4.78, 5) is 22.2. The highest BCUT2D eigenvalue weighted by Crippen LogP contribution is 2.34. The van der Waals surface area contributed by atoms with Crippen LogP contribution in [0.15, 0.2) is 12.3 Å². The van der Waals surface area contributed by atoms with Crippen molar-refractivity contribution in [2.24, 2.45) is 5.92 Å². The predicted octanol–water partition coefficient (Wildman–Crippen LogP) is 0.616. The number of likely N-dealkylation sites (tertiary alicyclic amines) is 1. The molecule has 0 radical (unpaired) electrons. The van der Waals surface area contributed by atoms with Gasteiger partial charge in [0.25, 0.3) is 0 Å². The van der Waals surface area contributed by atoms with E-state index in [4.69, 9.17) is 4.98 Å². The molecule has 5 heterocycles. The fourth-order valence-corrected chi connectivity index (χ4v) is 5.15. The van der Waals surface area contributed by atoms with Crippen LogP contribution in [0.5, 0.6) is 0 Å². The van der Waals surface area contributed by atoms with Crippen molar-refractivity contribution >= 4 is 17.4 Å². The molecule has 3 aliphatic rings. The summed E-state index contributed by atoms with van der Waals surface area (Å²) in [7, 11) is 0. The van der Waals surface area contributed by atoms with Gasteiger partial charge < -0.3 is 20.2 Å². The zero-order valence-corrected chi connectivity index (χ0v) is 17.3. The first kappa shape index (κ1) is 18.8. The van der Waals surface area contributed by atoms with Crippen LogP contribution in [0.1, 0.15) is 37.9 Å². The lowest BCUT2D eigenvalue weighted by molar-refractivity contribution is -0.141. The second-order valence-electron chi connectivity index (χ2n) is 9.16. The number of anilines is 1. The van der Waals surface area contributed by atoms with E-state index in [1.54, 1.807) is 6.20 Å². The first-order chi connectivity index (χ1) is 13.9. The van der Waals surface area contributed by atoms with Crippen LogP contribution in [0, 0.1) is 5.92 Å². The highest BCUT2D eigenvalue weighted by Gasteiger charge is 2.44. The summed E-state index contributed by atoms with van der Waals surface area (Å²) in [5.74, 6) is 1.27. The van der Waals surface area contributed by atoms with Crippen molar-refractivity contribution in [2.75, 3.05) is 37.6 Å². The number of aliphatic hydroxyl groups is 1. The fourth-order valence-electron chi connectivity index (χ4n) is 5.15. The molecular weight excluding hydrogens is 368 g/mol. The molecule has 156 valence electrons. The Morgan fingerprint density at radius 2 is 2.07 bits per heavy atom. The average Bonchev–Trinajstić information content (AvgIpc) is 3.24. The standard InChI is InChI=1S/C21H30N6O2/c1-21(2,29)17-4-3-11-26(17)20(28)14-12-25(13-14)19-15-5-8-22-9-6-16(15)24-18-7-10-23-27(18)19/h7,10,14,17,22,29H,3-6,8-9,11-13H2,1-2H3/t17-/m0/s1. The number of carbonyl (C=O) groups excluding carboxylic acids is 1. The molecule has 2 fully saturated rings. The second kappa shape index (κ2) is 6.95. The number of hydrogen-bond donors (Lipinski definition) is 2. The van der Waals surface area contributed by atoms with Crippen LogP contribution in [0.4, 0.5) is 5.82 Å². The Balaban J connectivity index is 1.38. The van der Waals surface area contributed by atoms with Crippen LogP contribution in [-0.4, -0.2) is 74.9 Å². The second-order valence-corrected chi connectivity index (χ2v) is 9.16. The van der Waals surface area contributed by atoms with Crippen molar-refractivity contribution in [3.8, 4) is 0 Å². The molecule has 2 aromatic heterocycles. The number of aromatic nitrogens is 3. The van der Waals surface area contributed by atoms with Crippen molar-refractivity contribution < 1.29 is 9.90 Å². The van der Waals surface area contributed by atoms with Gasteiger partial charge in [0.05, 0.1) is 29.5 Å². The molecule has 3 aliphatic heterocycles. The van der Waals surface area contributed by atoms with Crippen molar-refractivity contribution in [2.45, 2.75) is 51.2 Å². The quantitative estimate of drug-likeness (QED) is 0.788.